The van der Waals surface area contributed by atoms with Crippen LogP contribution in [0.2, 0.25) is 0 Å². The first kappa shape index (κ1) is 21.3. The number of unbranched alkanes of at least 4 members (excludes halogenated alkanes) is 5. The molecule has 0 aliphatic rings. The van der Waals surface area contributed by atoms with Gasteiger partial charge >= 0.3 is 5.97 Å². The summed E-state index contributed by atoms with van der Waals surface area (Å²) in [5.41, 5.74) is 0. The van der Waals surface area contributed by atoms with Crippen molar-refractivity contribution in [3.8, 4) is 0 Å². The van der Waals surface area contributed by atoms with E-state index in [-0.39, 0.29) is 37.2 Å². The summed E-state index contributed by atoms with van der Waals surface area (Å²) in [7, 11) is -3.89. The molecule has 0 aromatic heterocycles. The molecule has 0 amide bonds. The molecule has 0 fully saturated rings. The number of esters is 1. The van der Waals surface area contributed by atoms with Crippen molar-refractivity contribution in [2.75, 3.05) is 12.4 Å². The minimum atomic E-state index is -3.89. The van der Waals surface area contributed by atoms with Crippen LogP contribution in [0.4, 0.5) is 0 Å². The molecular formula is C12H24LiO5S. The fourth-order valence-corrected chi connectivity index (χ4v) is 2.09. The second kappa shape index (κ2) is 13.0. The van der Waals surface area contributed by atoms with E-state index in [0.29, 0.717) is 19.3 Å². The molecule has 0 bridgehead atoms. The summed E-state index contributed by atoms with van der Waals surface area (Å²) in [6.45, 7) is 2.37. The zero-order valence-electron chi connectivity index (χ0n) is 12.1. The maximum absolute atomic E-state index is 11.2. The third-order valence-electron chi connectivity index (χ3n) is 2.54. The van der Waals surface area contributed by atoms with E-state index in [0.717, 1.165) is 19.3 Å². The Hall–Kier alpha value is -0.0226. The van der Waals surface area contributed by atoms with Gasteiger partial charge in [-0.05, 0) is 19.3 Å². The summed E-state index contributed by atoms with van der Waals surface area (Å²) >= 11 is 0. The van der Waals surface area contributed by atoms with Crippen LogP contribution in [0.15, 0.2) is 0 Å². The van der Waals surface area contributed by atoms with Gasteiger partial charge in [-0.2, -0.15) is 8.42 Å². The van der Waals surface area contributed by atoms with Crippen molar-refractivity contribution in [1.82, 2.24) is 0 Å². The summed E-state index contributed by atoms with van der Waals surface area (Å²) in [6.07, 6.45) is 6.63. The van der Waals surface area contributed by atoms with Crippen LogP contribution in [0.5, 0.6) is 0 Å². The van der Waals surface area contributed by atoms with E-state index in [1.165, 1.54) is 12.8 Å². The molecule has 0 aliphatic heterocycles. The third kappa shape index (κ3) is 18.0. The normalized spacial score (nSPS) is 10.8. The molecule has 109 valence electrons. The molecule has 0 aromatic carbocycles. The number of carbonyl (C=O) groups is 1. The molecule has 1 radical (unpaired) electrons. The van der Waals surface area contributed by atoms with E-state index >= 15 is 0 Å². The van der Waals surface area contributed by atoms with Crippen LogP contribution in [-0.2, 0) is 19.6 Å². The molecule has 0 spiro atoms. The van der Waals surface area contributed by atoms with E-state index in [9.17, 15) is 13.2 Å². The van der Waals surface area contributed by atoms with Crippen molar-refractivity contribution < 1.29 is 22.5 Å². The van der Waals surface area contributed by atoms with Crippen LogP contribution in [0.3, 0.4) is 0 Å². The molecular weight excluding hydrogens is 263 g/mol. The standard InChI is InChI=1S/C12H24O5S.Li/c1-2-3-4-5-6-9-12(13)17-10-7-8-11-18(14,15)16;/h2-11H2,1H3,(H,14,15,16);. The van der Waals surface area contributed by atoms with Crippen molar-refractivity contribution in [3.05, 3.63) is 0 Å². The Kier molecular flexibility index (Phi) is 14.5. The first-order chi connectivity index (χ1) is 8.45. The van der Waals surface area contributed by atoms with Gasteiger partial charge in [0.05, 0.1) is 12.4 Å². The Bertz CT molecular complexity index is 316. The Labute approximate surface area is 128 Å². The summed E-state index contributed by atoms with van der Waals surface area (Å²) in [5, 5.41) is 0. The largest absolute Gasteiger partial charge is 0.466 e. The molecule has 0 saturated carbocycles. The maximum Gasteiger partial charge on any atom is 0.305 e. The van der Waals surface area contributed by atoms with Crippen LogP contribution in [0.25, 0.3) is 0 Å². The van der Waals surface area contributed by atoms with E-state index in [1.54, 1.807) is 0 Å². The van der Waals surface area contributed by atoms with Gasteiger partial charge in [0.15, 0.2) is 0 Å². The van der Waals surface area contributed by atoms with E-state index in [4.69, 9.17) is 9.29 Å². The average Bonchev–Trinajstić information content (AvgIpc) is 2.27. The summed E-state index contributed by atoms with van der Waals surface area (Å²) in [5.74, 6) is -0.500. The van der Waals surface area contributed by atoms with Crippen LogP contribution >= 0.6 is 0 Å². The number of rotatable bonds is 11. The van der Waals surface area contributed by atoms with E-state index < -0.39 is 10.1 Å². The van der Waals surface area contributed by atoms with Crippen molar-refractivity contribution in [3.63, 3.8) is 0 Å². The quantitative estimate of drug-likeness (QED) is 0.273. The predicted octanol–water partition coefficient (Wildman–Crippen LogP) is 2.18. The van der Waals surface area contributed by atoms with E-state index in [1.807, 2.05) is 0 Å². The zero-order chi connectivity index (χ0) is 13.9. The van der Waals surface area contributed by atoms with Gasteiger partial charge in [0.1, 0.15) is 0 Å². The molecule has 0 aliphatic carbocycles. The third-order valence-corrected chi connectivity index (χ3v) is 3.35. The molecule has 0 heterocycles. The molecule has 1 N–H and O–H groups in total. The second-order valence-corrected chi connectivity index (χ2v) is 5.95. The molecule has 0 saturated heterocycles. The fraction of sp³-hybridized carbons (Fsp3) is 0.917. The molecule has 19 heavy (non-hydrogen) atoms. The first-order valence-electron chi connectivity index (χ1n) is 6.56. The van der Waals surface area contributed by atoms with Gasteiger partial charge in [-0.25, -0.2) is 0 Å². The van der Waals surface area contributed by atoms with Crippen LogP contribution in [0, 0.1) is 0 Å². The van der Waals surface area contributed by atoms with Gasteiger partial charge in [-0.15, -0.1) is 0 Å². The van der Waals surface area contributed by atoms with Gasteiger partial charge in [0.25, 0.3) is 10.1 Å². The summed E-state index contributed by atoms with van der Waals surface area (Å²) < 4.78 is 34.2. The monoisotopic (exact) mass is 287 g/mol. The Morgan fingerprint density at radius 1 is 1.05 bits per heavy atom. The number of hydrogen-bond acceptors (Lipinski definition) is 4. The van der Waals surface area contributed by atoms with Gasteiger partial charge in [0.2, 0.25) is 0 Å². The van der Waals surface area contributed by atoms with Gasteiger partial charge in [-0.1, -0.05) is 32.6 Å². The van der Waals surface area contributed by atoms with Crippen molar-refractivity contribution >= 4 is 34.9 Å². The number of ether oxygens (including phenoxy) is 1. The Morgan fingerprint density at radius 2 is 1.68 bits per heavy atom. The fourth-order valence-electron chi connectivity index (χ4n) is 1.52. The molecule has 0 unspecified atom stereocenters. The topological polar surface area (TPSA) is 80.7 Å². The minimum Gasteiger partial charge on any atom is -0.466 e. The molecule has 7 heteroatoms. The maximum atomic E-state index is 11.2. The summed E-state index contributed by atoms with van der Waals surface area (Å²) in [6, 6.07) is 0. The smallest absolute Gasteiger partial charge is 0.305 e. The SMILES string of the molecule is CCCCCCCC(=O)OCCCCS(=O)(=O)O.[Li]. The zero-order valence-corrected chi connectivity index (χ0v) is 12.9. The van der Waals surface area contributed by atoms with E-state index in [2.05, 4.69) is 6.92 Å². The number of carbonyl (C=O) groups excluding carboxylic acids is 1. The average molecular weight is 287 g/mol. The second-order valence-electron chi connectivity index (χ2n) is 4.38. The molecule has 0 aromatic rings. The van der Waals surface area contributed by atoms with Crippen molar-refractivity contribution in [2.45, 2.75) is 58.3 Å². The molecule has 0 atom stereocenters. The number of hydrogen-bond donors (Lipinski definition) is 1. The van der Waals surface area contributed by atoms with Crippen molar-refractivity contribution in [2.24, 2.45) is 0 Å². The van der Waals surface area contributed by atoms with Crippen LogP contribution < -0.4 is 0 Å². The van der Waals surface area contributed by atoms with Crippen LogP contribution in [-0.4, -0.2) is 50.2 Å². The summed E-state index contributed by atoms with van der Waals surface area (Å²) in [4.78, 5) is 11.2. The molecule has 5 nitrogen and oxygen atoms in total. The minimum absolute atomic E-state index is 0. The van der Waals surface area contributed by atoms with Gasteiger partial charge < -0.3 is 4.74 Å². The van der Waals surface area contributed by atoms with Crippen molar-refractivity contribution in [1.29, 1.82) is 0 Å². The predicted molar refractivity (Wildman–Crippen MR) is 75.7 cm³/mol. The first-order valence-corrected chi connectivity index (χ1v) is 8.17. The Morgan fingerprint density at radius 3 is 2.26 bits per heavy atom. The molecule has 0 rings (SSSR count). The van der Waals surface area contributed by atoms with Crippen LogP contribution in [0.1, 0.15) is 58.3 Å². The Balaban J connectivity index is 0. The van der Waals surface area contributed by atoms with Gasteiger partial charge in [0, 0.05) is 25.3 Å². The van der Waals surface area contributed by atoms with Gasteiger partial charge in [-0.3, -0.25) is 9.35 Å².